The van der Waals surface area contributed by atoms with Crippen LogP contribution in [0.15, 0.2) is 12.1 Å². The van der Waals surface area contributed by atoms with Gasteiger partial charge in [0.05, 0.1) is 15.5 Å². The van der Waals surface area contributed by atoms with E-state index in [1.807, 2.05) is 0 Å². The first-order chi connectivity index (χ1) is 7.58. The molecule has 1 aliphatic carbocycles. The van der Waals surface area contributed by atoms with Crippen LogP contribution < -0.4 is 0 Å². The number of hydrogen-bond donors (Lipinski definition) is 0. The molecular formula is C10H2I2O2S2. The first kappa shape index (κ1) is 11.3. The molecule has 3 rings (SSSR count). The van der Waals surface area contributed by atoms with Crippen LogP contribution in [0.3, 0.4) is 0 Å². The van der Waals surface area contributed by atoms with Crippen LogP contribution in [0.25, 0.3) is 0 Å². The summed E-state index contributed by atoms with van der Waals surface area (Å²) in [4.78, 5) is 25.5. The highest BCUT2D eigenvalue weighted by molar-refractivity contribution is 14.1. The van der Waals surface area contributed by atoms with E-state index in [4.69, 9.17) is 0 Å². The van der Waals surface area contributed by atoms with E-state index >= 15 is 0 Å². The summed E-state index contributed by atoms with van der Waals surface area (Å²) in [6.45, 7) is 0. The number of thiophene rings is 2. The summed E-state index contributed by atoms with van der Waals surface area (Å²) in [5.74, 6) is -0.00614. The summed E-state index contributed by atoms with van der Waals surface area (Å²) in [5.41, 5.74) is 1.15. The van der Waals surface area contributed by atoms with Crippen LogP contribution in [0, 0.1) is 5.77 Å². The van der Waals surface area contributed by atoms with Gasteiger partial charge >= 0.3 is 0 Å². The summed E-state index contributed by atoms with van der Waals surface area (Å²) >= 11 is 7.07. The molecule has 80 valence electrons. The Morgan fingerprint density at radius 1 is 0.812 bits per heavy atom. The zero-order chi connectivity index (χ0) is 11.4. The molecule has 0 fully saturated rings. The van der Waals surface area contributed by atoms with Gasteiger partial charge < -0.3 is 0 Å². The third kappa shape index (κ3) is 1.53. The third-order valence-electron chi connectivity index (χ3n) is 2.31. The molecule has 16 heavy (non-hydrogen) atoms. The van der Waals surface area contributed by atoms with E-state index in [2.05, 4.69) is 45.2 Å². The SMILES string of the molecule is O=C1c2cc(I)sc2C(=O)c2cc(I)sc21. The highest BCUT2D eigenvalue weighted by Crippen LogP contribution is 2.37. The standard InChI is InChI=1S/C10H2I2O2S2/c11-5-1-3-7(13)10-4(2-6(12)16-10)8(14)9(3)15-5/h1-2H. The fourth-order valence-electron chi connectivity index (χ4n) is 1.64. The maximum absolute atomic E-state index is 12.1. The smallest absolute Gasteiger partial charge is 0.205 e. The van der Waals surface area contributed by atoms with Crippen LogP contribution in [0.4, 0.5) is 0 Å². The molecule has 0 saturated carbocycles. The Morgan fingerprint density at radius 3 is 1.56 bits per heavy atom. The fourth-order valence-corrected chi connectivity index (χ4v) is 5.26. The number of ketones is 2. The van der Waals surface area contributed by atoms with Gasteiger partial charge in [-0.05, 0) is 57.3 Å². The Bertz CT molecular complexity index is 536. The van der Waals surface area contributed by atoms with Gasteiger partial charge in [0, 0.05) is 11.1 Å². The molecule has 0 aromatic carbocycles. The van der Waals surface area contributed by atoms with Gasteiger partial charge in [0.1, 0.15) is 0 Å². The van der Waals surface area contributed by atoms with Gasteiger partial charge in [-0.1, -0.05) is 0 Å². The maximum Gasteiger partial charge on any atom is 0.205 e. The second-order valence-electron chi connectivity index (χ2n) is 3.24. The van der Waals surface area contributed by atoms with Crippen LogP contribution in [0.1, 0.15) is 30.5 Å². The summed E-state index contributed by atoms with van der Waals surface area (Å²) in [6.07, 6.45) is 0. The Labute approximate surface area is 126 Å². The summed E-state index contributed by atoms with van der Waals surface area (Å²) < 4.78 is 1.96. The lowest BCUT2D eigenvalue weighted by Crippen LogP contribution is -2.15. The van der Waals surface area contributed by atoms with Crippen LogP contribution in [-0.4, -0.2) is 11.6 Å². The largest absolute Gasteiger partial charge is 0.288 e. The molecule has 0 spiro atoms. The predicted octanol–water partition coefficient (Wildman–Crippen LogP) is 3.79. The molecule has 0 saturated heterocycles. The van der Waals surface area contributed by atoms with E-state index in [0.717, 1.165) is 5.77 Å². The highest BCUT2D eigenvalue weighted by atomic mass is 127. The minimum absolute atomic E-state index is 0.00307. The Hall–Kier alpha value is 0.200. The topological polar surface area (TPSA) is 34.1 Å². The Morgan fingerprint density at radius 2 is 1.19 bits per heavy atom. The lowest BCUT2D eigenvalue weighted by molar-refractivity contribution is 0.0986. The van der Waals surface area contributed by atoms with Crippen molar-refractivity contribution in [1.29, 1.82) is 0 Å². The van der Waals surface area contributed by atoms with Crippen molar-refractivity contribution < 1.29 is 9.59 Å². The van der Waals surface area contributed by atoms with Crippen LogP contribution in [-0.2, 0) is 0 Å². The van der Waals surface area contributed by atoms with Gasteiger partial charge in [0.2, 0.25) is 11.6 Å². The van der Waals surface area contributed by atoms with E-state index in [9.17, 15) is 9.59 Å². The Balaban J connectivity index is 2.32. The average molecular weight is 472 g/mol. The summed E-state index contributed by atoms with van der Waals surface area (Å²) in [5, 5.41) is 0. The van der Waals surface area contributed by atoms with Crippen molar-refractivity contribution in [2.45, 2.75) is 0 Å². The monoisotopic (exact) mass is 472 g/mol. The first-order valence-corrected chi connectivity index (χ1v) is 8.05. The van der Waals surface area contributed by atoms with Crippen molar-refractivity contribution >= 4 is 79.4 Å². The van der Waals surface area contributed by atoms with Gasteiger partial charge in [0.15, 0.2) is 0 Å². The number of hydrogen-bond acceptors (Lipinski definition) is 4. The number of carbonyl (C=O) groups is 2. The zero-order valence-electron chi connectivity index (χ0n) is 7.54. The van der Waals surface area contributed by atoms with Crippen molar-refractivity contribution in [3.05, 3.63) is 38.8 Å². The van der Waals surface area contributed by atoms with Crippen molar-refractivity contribution in [2.24, 2.45) is 0 Å². The van der Waals surface area contributed by atoms with Crippen molar-refractivity contribution in [1.82, 2.24) is 0 Å². The molecule has 0 aliphatic heterocycles. The molecule has 0 atom stereocenters. The molecule has 2 nitrogen and oxygen atoms in total. The van der Waals surface area contributed by atoms with Crippen LogP contribution >= 0.6 is 67.9 Å². The van der Waals surface area contributed by atoms with E-state index in [-0.39, 0.29) is 11.6 Å². The van der Waals surface area contributed by atoms with Gasteiger partial charge in [-0.2, -0.15) is 0 Å². The quantitative estimate of drug-likeness (QED) is 0.467. The van der Waals surface area contributed by atoms with Gasteiger partial charge in [-0.15, -0.1) is 22.7 Å². The van der Waals surface area contributed by atoms with Crippen molar-refractivity contribution in [3.63, 3.8) is 0 Å². The molecule has 2 aromatic heterocycles. The second kappa shape index (κ2) is 3.85. The molecule has 0 amide bonds. The zero-order valence-corrected chi connectivity index (χ0v) is 13.5. The summed E-state index contributed by atoms with van der Waals surface area (Å²) in [6, 6.07) is 3.60. The first-order valence-electron chi connectivity index (χ1n) is 4.26. The number of fused-ring (bicyclic) bond motifs is 2. The number of carbonyl (C=O) groups excluding carboxylic acids is 2. The third-order valence-corrected chi connectivity index (χ3v) is 6.09. The predicted molar refractivity (Wildman–Crippen MR) is 80.9 cm³/mol. The summed E-state index contributed by atoms with van der Waals surface area (Å²) in [7, 11) is 0. The van der Waals surface area contributed by atoms with Crippen LogP contribution in [0.2, 0.25) is 0 Å². The van der Waals surface area contributed by atoms with Crippen molar-refractivity contribution in [3.8, 4) is 0 Å². The van der Waals surface area contributed by atoms with E-state index in [1.165, 1.54) is 22.7 Å². The fraction of sp³-hybridized carbons (Fsp3) is 0. The van der Waals surface area contributed by atoms with E-state index in [1.54, 1.807) is 12.1 Å². The molecule has 0 N–H and O–H groups in total. The Kier molecular flexibility index (Phi) is 2.72. The van der Waals surface area contributed by atoms with E-state index in [0.29, 0.717) is 20.9 Å². The molecule has 6 heteroatoms. The molecule has 0 bridgehead atoms. The second-order valence-corrected chi connectivity index (χ2v) is 9.14. The lowest BCUT2D eigenvalue weighted by Gasteiger charge is -2.08. The minimum Gasteiger partial charge on any atom is -0.288 e. The molecule has 2 aromatic rings. The molecule has 0 radical (unpaired) electrons. The lowest BCUT2D eigenvalue weighted by atomic mass is 9.96. The normalized spacial score (nSPS) is 13.9. The number of halogens is 2. The average Bonchev–Trinajstić information content (AvgIpc) is 2.78. The maximum atomic E-state index is 12.1. The van der Waals surface area contributed by atoms with Gasteiger partial charge in [-0.3, -0.25) is 9.59 Å². The van der Waals surface area contributed by atoms with Crippen molar-refractivity contribution in [2.75, 3.05) is 0 Å². The van der Waals surface area contributed by atoms with Gasteiger partial charge in [-0.25, -0.2) is 0 Å². The number of rotatable bonds is 0. The molecule has 0 unspecified atom stereocenters. The molecular weight excluding hydrogens is 470 g/mol. The van der Waals surface area contributed by atoms with Crippen LogP contribution in [0.5, 0.6) is 0 Å². The van der Waals surface area contributed by atoms with E-state index < -0.39 is 0 Å². The highest BCUT2D eigenvalue weighted by Gasteiger charge is 2.33. The minimum atomic E-state index is -0.00307. The molecule has 1 aliphatic rings. The molecule has 2 heterocycles. The van der Waals surface area contributed by atoms with Gasteiger partial charge in [0.25, 0.3) is 0 Å².